The average molecular weight is 496 g/mol. The summed E-state index contributed by atoms with van der Waals surface area (Å²) in [4.78, 5) is 35.6. The summed E-state index contributed by atoms with van der Waals surface area (Å²) in [5, 5.41) is 2.01. The zero-order valence-corrected chi connectivity index (χ0v) is 14.7. The number of pyridine rings is 1. The molecule has 1 aromatic carbocycles. The molecule has 0 aliphatic carbocycles. The lowest BCUT2D eigenvalue weighted by atomic mass is 10.1. The van der Waals surface area contributed by atoms with E-state index in [0.29, 0.717) is 0 Å². The van der Waals surface area contributed by atoms with E-state index in [-0.39, 0.29) is 30.7 Å². The van der Waals surface area contributed by atoms with Crippen LogP contribution in [0.25, 0.3) is 5.69 Å². The molecule has 1 aromatic heterocycles. The first-order valence-corrected chi connectivity index (χ1v) is 7.85. The second-order valence-electron chi connectivity index (χ2n) is 4.59. The molecule has 118 valence electrons. The smallest absolute Gasteiger partial charge is 0.262 e. The van der Waals surface area contributed by atoms with Crippen molar-refractivity contribution in [2.45, 2.75) is 0 Å². The molecule has 0 saturated carbocycles. The molecule has 0 bridgehead atoms. The van der Waals surface area contributed by atoms with Crippen molar-refractivity contribution in [3.63, 3.8) is 0 Å². The third-order valence-corrected chi connectivity index (χ3v) is 5.03. The average Bonchev–Trinajstić information content (AvgIpc) is 2.76. The van der Waals surface area contributed by atoms with E-state index in [9.17, 15) is 23.2 Å². The van der Waals surface area contributed by atoms with Crippen LogP contribution in [0.1, 0.15) is 20.7 Å². The Labute approximate surface area is 148 Å². The molecule has 23 heavy (non-hydrogen) atoms. The highest BCUT2D eigenvalue weighted by Crippen LogP contribution is 2.31. The first kappa shape index (κ1) is 16.1. The predicted molar refractivity (Wildman–Crippen MR) is 88.6 cm³/mol. The van der Waals surface area contributed by atoms with Crippen molar-refractivity contribution in [3.8, 4) is 5.69 Å². The normalized spacial score (nSPS) is 13.2. The number of nitrogens with one attached hydrogen (secondary N) is 1. The number of anilines is 1. The van der Waals surface area contributed by atoms with E-state index in [1.165, 1.54) is 0 Å². The number of amides is 2. The molecule has 3 rings (SSSR count). The Hall–Kier alpha value is -1.82. The van der Waals surface area contributed by atoms with E-state index in [2.05, 4.69) is 15.9 Å². The van der Waals surface area contributed by atoms with Gasteiger partial charge in [-0.25, -0.2) is 8.78 Å². The Morgan fingerprint density at radius 3 is 2.48 bits per heavy atom. The molecule has 2 heterocycles. The first-order valence-electron chi connectivity index (χ1n) is 5.98. The van der Waals surface area contributed by atoms with E-state index in [1.807, 2.05) is 5.32 Å². The monoisotopic (exact) mass is 495 g/mol. The first-order chi connectivity index (χ1) is 10.7. The molecule has 1 aliphatic rings. The van der Waals surface area contributed by atoms with Crippen molar-refractivity contribution >= 4 is 56.2 Å². The fraction of sp³-hybridized carbons (Fsp3) is 0. The second kappa shape index (κ2) is 5.37. The van der Waals surface area contributed by atoms with Crippen LogP contribution < -0.4 is 16.6 Å². The van der Waals surface area contributed by atoms with Crippen LogP contribution in [-0.4, -0.2) is 16.4 Å². The third-order valence-electron chi connectivity index (χ3n) is 3.28. The van der Waals surface area contributed by atoms with Gasteiger partial charge in [0.05, 0.1) is 24.9 Å². The van der Waals surface area contributed by atoms with Crippen LogP contribution >= 0.6 is 38.5 Å². The van der Waals surface area contributed by atoms with Crippen LogP contribution in [0.2, 0.25) is 0 Å². The van der Waals surface area contributed by atoms with Gasteiger partial charge in [-0.2, -0.15) is 0 Å². The van der Waals surface area contributed by atoms with Gasteiger partial charge in [0.25, 0.3) is 17.4 Å². The molecule has 0 radical (unpaired) electrons. The molecule has 2 amide bonds. The van der Waals surface area contributed by atoms with Gasteiger partial charge in [0.2, 0.25) is 0 Å². The summed E-state index contributed by atoms with van der Waals surface area (Å²) in [6.45, 7) is 0. The van der Waals surface area contributed by atoms with Crippen LogP contribution in [0.15, 0.2) is 21.4 Å². The summed E-state index contributed by atoms with van der Waals surface area (Å²) in [5.74, 6) is -3.74. The number of benzene rings is 1. The molecule has 0 saturated heterocycles. The lowest BCUT2D eigenvalue weighted by Crippen LogP contribution is -2.25. The summed E-state index contributed by atoms with van der Waals surface area (Å²) in [6, 6.07) is 1.81. The summed E-state index contributed by atoms with van der Waals surface area (Å²) < 4.78 is 28.2. The van der Waals surface area contributed by atoms with E-state index in [0.717, 1.165) is 16.7 Å². The van der Waals surface area contributed by atoms with Crippen LogP contribution in [0.4, 0.5) is 14.6 Å². The van der Waals surface area contributed by atoms with Crippen molar-refractivity contribution < 1.29 is 18.4 Å². The highest BCUT2D eigenvalue weighted by atomic mass is 127. The summed E-state index contributed by atoms with van der Waals surface area (Å²) in [5.41, 5.74) is 4.50. The number of nitrogen functional groups attached to an aromatic ring is 1. The van der Waals surface area contributed by atoms with E-state index < -0.39 is 29.0 Å². The van der Waals surface area contributed by atoms with Crippen molar-refractivity contribution in [1.29, 1.82) is 0 Å². The number of nitrogens with zero attached hydrogens (tertiary/aromatic N) is 1. The fourth-order valence-corrected chi connectivity index (χ4v) is 3.60. The van der Waals surface area contributed by atoms with Gasteiger partial charge in [0.1, 0.15) is 11.6 Å². The van der Waals surface area contributed by atoms with Crippen molar-refractivity contribution in [3.05, 3.63) is 53.3 Å². The number of carbonyl (C=O) groups excluding carboxylic acids is 2. The van der Waals surface area contributed by atoms with Crippen LogP contribution in [0.5, 0.6) is 0 Å². The maximum Gasteiger partial charge on any atom is 0.262 e. The van der Waals surface area contributed by atoms with Gasteiger partial charge in [-0.3, -0.25) is 24.3 Å². The van der Waals surface area contributed by atoms with E-state index in [1.54, 1.807) is 22.6 Å². The van der Waals surface area contributed by atoms with Gasteiger partial charge in [-0.05, 0) is 38.5 Å². The largest absolute Gasteiger partial charge is 0.384 e. The summed E-state index contributed by atoms with van der Waals surface area (Å²) in [6.07, 6.45) is 0. The quantitative estimate of drug-likeness (QED) is 0.274. The van der Waals surface area contributed by atoms with Crippen molar-refractivity contribution in [1.82, 2.24) is 9.88 Å². The maximum absolute atomic E-state index is 14.0. The standard InChI is InChI=1S/C13H5BrF2IN3O3/c14-8-4(15)2-5(10(17)9(8)16)20-6(21)1-3-7(11(20)18)13(23)19-12(3)22/h1-2H,18H2,(H,19,22,23). The van der Waals surface area contributed by atoms with Crippen molar-refractivity contribution in [2.75, 3.05) is 5.73 Å². The number of nitrogens with two attached hydrogens (primary N) is 1. The highest BCUT2D eigenvalue weighted by molar-refractivity contribution is 14.1. The Bertz CT molecular complexity index is 974. The van der Waals surface area contributed by atoms with Gasteiger partial charge < -0.3 is 5.73 Å². The number of aromatic nitrogens is 1. The summed E-state index contributed by atoms with van der Waals surface area (Å²) >= 11 is 4.35. The Balaban J connectivity index is 2.41. The fourth-order valence-electron chi connectivity index (χ4n) is 2.25. The molecule has 2 aromatic rings. The van der Waals surface area contributed by atoms with E-state index in [4.69, 9.17) is 5.73 Å². The minimum Gasteiger partial charge on any atom is -0.384 e. The molecule has 1 aliphatic heterocycles. The molecule has 0 spiro atoms. The number of halogens is 4. The van der Waals surface area contributed by atoms with Gasteiger partial charge >= 0.3 is 0 Å². The molecule has 6 nitrogen and oxygen atoms in total. The SMILES string of the molecule is Nc1c2c(cc(=O)n1-c1cc(F)c(Br)c(F)c1I)C(=O)NC2=O. The minimum atomic E-state index is -0.940. The number of imide groups is 1. The lowest BCUT2D eigenvalue weighted by molar-refractivity contribution is 0.0880. The highest BCUT2D eigenvalue weighted by Gasteiger charge is 2.32. The topological polar surface area (TPSA) is 94.2 Å². The van der Waals surface area contributed by atoms with Crippen LogP contribution in [0, 0.1) is 15.2 Å². The molecular weight excluding hydrogens is 491 g/mol. The molecular formula is C13H5BrF2IN3O3. The number of fused-ring (bicyclic) bond motifs is 1. The van der Waals surface area contributed by atoms with Gasteiger partial charge in [-0.15, -0.1) is 0 Å². The Morgan fingerprint density at radius 2 is 1.83 bits per heavy atom. The third kappa shape index (κ3) is 2.27. The van der Waals surface area contributed by atoms with E-state index >= 15 is 0 Å². The second-order valence-corrected chi connectivity index (χ2v) is 6.47. The molecule has 10 heteroatoms. The van der Waals surface area contributed by atoms with Gasteiger partial charge in [-0.1, -0.05) is 0 Å². The summed E-state index contributed by atoms with van der Waals surface area (Å²) in [7, 11) is 0. The number of carbonyl (C=O) groups is 2. The van der Waals surface area contributed by atoms with Gasteiger partial charge in [0.15, 0.2) is 5.82 Å². The molecule has 0 unspecified atom stereocenters. The maximum atomic E-state index is 14.0. The minimum absolute atomic E-state index is 0.0747. The molecule has 3 N–H and O–H groups in total. The Kier molecular flexibility index (Phi) is 3.75. The number of hydrogen-bond acceptors (Lipinski definition) is 4. The van der Waals surface area contributed by atoms with Crippen molar-refractivity contribution in [2.24, 2.45) is 0 Å². The van der Waals surface area contributed by atoms with Crippen LogP contribution in [0.3, 0.4) is 0 Å². The van der Waals surface area contributed by atoms with Crippen LogP contribution in [-0.2, 0) is 0 Å². The zero-order chi connectivity index (χ0) is 17.0. The van der Waals surface area contributed by atoms with Gasteiger partial charge in [0, 0.05) is 12.1 Å². The predicted octanol–water partition coefficient (Wildman–Crippen LogP) is 1.95. The number of hydrogen-bond donors (Lipinski definition) is 2. The number of rotatable bonds is 1. The molecule has 0 atom stereocenters. The molecule has 0 fully saturated rings. The Morgan fingerprint density at radius 1 is 1.17 bits per heavy atom. The lowest BCUT2D eigenvalue weighted by Gasteiger charge is -2.14. The zero-order valence-electron chi connectivity index (χ0n) is 10.9.